The van der Waals surface area contributed by atoms with Gasteiger partial charge in [0.15, 0.2) is 12.0 Å². The van der Waals surface area contributed by atoms with Crippen molar-refractivity contribution < 1.29 is 13.2 Å². The topological polar surface area (TPSA) is 26.5 Å². The SMILES string of the molecule is CCC1=C(C(F)(F)F)[N][C]=N1. The van der Waals surface area contributed by atoms with Crippen LogP contribution in [0.2, 0.25) is 0 Å². The van der Waals surface area contributed by atoms with E-state index in [1.165, 1.54) is 0 Å². The van der Waals surface area contributed by atoms with Crippen molar-refractivity contribution in [2.45, 2.75) is 19.5 Å². The molecule has 2 nitrogen and oxygen atoms in total. The molecule has 0 saturated heterocycles. The van der Waals surface area contributed by atoms with Gasteiger partial charge in [0.25, 0.3) is 0 Å². The summed E-state index contributed by atoms with van der Waals surface area (Å²) in [7, 11) is 0. The molecule has 0 aromatic carbocycles. The van der Waals surface area contributed by atoms with Crippen LogP contribution in [0.4, 0.5) is 13.2 Å². The lowest BCUT2D eigenvalue weighted by atomic mass is 10.3. The second-order valence-electron chi connectivity index (χ2n) is 1.97. The van der Waals surface area contributed by atoms with Crippen LogP contribution >= 0.6 is 0 Å². The second-order valence-corrected chi connectivity index (χ2v) is 1.97. The fourth-order valence-corrected chi connectivity index (χ4v) is 0.726. The maximum absolute atomic E-state index is 11.9. The van der Waals surface area contributed by atoms with Gasteiger partial charge in [-0.05, 0) is 6.42 Å². The van der Waals surface area contributed by atoms with Crippen LogP contribution in [0, 0.1) is 0 Å². The van der Waals surface area contributed by atoms with Gasteiger partial charge < -0.3 is 0 Å². The first-order valence-corrected chi connectivity index (χ1v) is 3.02. The molecule has 0 bridgehead atoms. The molecule has 0 spiro atoms. The van der Waals surface area contributed by atoms with Crippen LogP contribution in [0.15, 0.2) is 16.4 Å². The van der Waals surface area contributed by atoms with Crippen LogP contribution in [0.1, 0.15) is 13.3 Å². The maximum Gasteiger partial charge on any atom is 0.435 e. The molecule has 1 aliphatic heterocycles. The third kappa shape index (κ3) is 1.53. The molecule has 0 aliphatic carbocycles. The van der Waals surface area contributed by atoms with Crippen molar-refractivity contribution in [3.05, 3.63) is 11.4 Å². The molecule has 0 saturated carbocycles. The number of hydrogen-bond acceptors (Lipinski definition) is 1. The van der Waals surface area contributed by atoms with Gasteiger partial charge in [-0.25, -0.2) is 10.3 Å². The molecule has 0 N–H and O–H groups in total. The van der Waals surface area contributed by atoms with E-state index in [9.17, 15) is 13.2 Å². The number of nitrogens with zero attached hydrogens (tertiary/aromatic N) is 2. The van der Waals surface area contributed by atoms with Gasteiger partial charge in [-0.15, -0.1) is 0 Å². The van der Waals surface area contributed by atoms with Gasteiger partial charge >= 0.3 is 6.18 Å². The first-order valence-electron chi connectivity index (χ1n) is 3.02. The van der Waals surface area contributed by atoms with Crippen LogP contribution < -0.4 is 5.32 Å². The normalized spacial score (nSPS) is 17.5. The highest BCUT2D eigenvalue weighted by atomic mass is 19.4. The van der Waals surface area contributed by atoms with Crippen LogP contribution in [0.3, 0.4) is 0 Å². The van der Waals surface area contributed by atoms with E-state index in [0.29, 0.717) is 0 Å². The van der Waals surface area contributed by atoms with Gasteiger partial charge in [0, 0.05) is 0 Å². The summed E-state index contributed by atoms with van der Waals surface area (Å²) in [6, 6.07) is 0. The predicted octanol–water partition coefficient (Wildman–Crippen LogP) is 1.69. The highest BCUT2D eigenvalue weighted by molar-refractivity contribution is 5.63. The summed E-state index contributed by atoms with van der Waals surface area (Å²) in [5.74, 6) is 0. The molecule has 60 valence electrons. The lowest BCUT2D eigenvalue weighted by molar-refractivity contribution is -0.0956. The van der Waals surface area contributed by atoms with E-state index in [2.05, 4.69) is 10.3 Å². The highest BCUT2D eigenvalue weighted by Crippen LogP contribution is 2.30. The van der Waals surface area contributed by atoms with E-state index in [-0.39, 0.29) is 12.1 Å². The maximum atomic E-state index is 11.9. The van der Waals surface area contributed by atoms with Crippen molar-refractivity contribution in [1.82, 2.24) is 5.32 Å². The van der Waals surface area contributed by atoms with Gasteiger partial charge in [0.05, 0.1) is 5.70 Å². The van der Waals surface area contributed by atoms with Crippen molar-refractivity contribution >= 4 is 6.34 Å². The first-order chi connectivity index (χ1) is 5.05. The third-order valence-corrected chi connectivity index (χ3v) is 1.22. The summed E-state index contributed by atoms with van der Waals surface area (Å²) in [4.78, 5) is 3.35. The lowest BCUT2D eigenvalue weighted by Gasteiger charge is -2.06. The monoisotopic (exact) mass is 162 g/mol. The summed E-state index contributed by atoms with van der Waals surface area (Å²) in [5, 5.41) is 3.00. The third-order valence-electron chi connectivity index (χ3n) is 1.22. The lowest BCUT2D eigenvalue weighted by Crippen LogP contribution is -2.18. The summed E-state index contributed by atoms with van der Waals surface area (Å²) in [5.41, 5.74) is -0.961. The van der Waals surface area contributed by atoms with Crippen LogP contribution in [-0.4, -0.2) is 12.5 Å². The van der Waals surface area contributed by atoms with Crippen LogP contribution in [0.25, 0.3) is 0 Å². The quantitative estimate of drug-likeness (QED) is 0.561. The largest absolute Gasteiger partial charge is 0.435 e. The number of halogens is 3. The van der Waals surface area contributed by atoms with Crippen molar-refractivity contribution in [1.29, 1.82) is 0 Å². The zero-order chi connectivity index (χ0) is 8.48. The van der Waals surface area contributed by atoms with Crippen molar-refractivity contribution in [3.8, 4) is 0 Å². The van der Waals surface area contributed by atoms with E-state index in [0.717, 1.165) is 0 Å². The summed E-state index contributed by atoms with van der Waals surface area (Å²) < 4.78 is 35.8. The van der Waals surface area contributed by atoms with E-state index >= 15 is 0 Å². The Labute approximate surface area is 61.8 Å². The van der Waals surface area contributed by atoms with Gasteiger partial charge in [-0.2, -0.15) is 13.2 Å². The van der Waals surface area contributed by atoms with Gasteiger partial charge in [0.2, 0.25) is 0 Å². The van der Waals surface area contributed by atoms with E-state index in [4.69, 9.17) is 0 Å². The molecular formula is C6H5F3N2. The zero-order valence-corrected chi connectivity index (χ0v) is 5.74. The predicted molar refractivity (Wildman–Crippen MR) is 32.9 cm³/mol. The fraction of sp³-hybridized carbons (Fsp3) is 0.500. The molecule has 0 aromatic rings. The van der Waals surface area contributed by atoms with Gasteiger partial charge in [0.1, 0.15) is 0 Å². The summed E-state index contributed by atoms with van der Waals surface area (Å²) in [6.07, 6.45) is -2.23. The zero-order valence-electron chi connectivity index (χ0n) is 5.74. The van der Waals surface area contributed by atoms with Crippen molar-refractivity contribution in [2.24, 2.45) is 4.99 Å². The van der Waals surface area contributed by atoms with E-state index in [1.807, 2.05) is 6.34 Å². The molecule has 2 radical (unpaired) electrons. The Bertz CT molecular complexity index is 214. The Morgan fingerprint density at radius 1 is 1.45 bits per heavy atom. The Balaban J connectivity index is 2.88. The molecular weight excluding hydrogens is 157 g/mol. The van der Waals surface area contributed by atoms with Crippen LogP contribution in [0.5, 0.6) is 0 Å². The number of rotatable bonds is 1. The average molecular weight is 162 g/mol. The smallest absolute Gasteiger partial charge is 0.228 e. The Morgan fingerprint density at radius 2 is 2.09 bits per heavy atom. The average Bonchev–Trinajstić information content (AvgIpc) is 2.31. The minimum Gasteiger partial charge on any atom is -0.228 e. The van der Waals surface area contributed by atoms with Gasteiger partial charge in [-0.3, -0.25) is 0 Å². The summed E-state index contributed by atoms with van der Waals surface area (Å²) in [6.45, 7) is 1.59. The number of aliphatic imine (C=N–C) groups is 1. The Kier molecular flexibility index (Phi) is 1.89. The minimum atomic E-state index is -4.39. The fourth-order valence-electron chi connectivity index (χ4n) is 0.726. The van der Waals surface area contributed by atoms with Crippen molar-refractivity contribution in [3.63, 3.8) is 0 Å². The first kappa shape index (κ1) is 8.10. The molecule has 1 aliphatic rings. The molecule has 0 atom stereocenters. The molecule has 5 heteroatoms. The van der Waals surface area contributed by atoms with E-state index < -0.39 is 11.9 Å². The molecule has 0 amide bonds. The molecule has 0 unspecified atom stereocenters. The summed E-state index contributed by atoms with van der Waals surface area (Å²) >= 11 is 0. The second kappa shape index (κ2) is 2.56. The molecule has 0 aromatic heterocycles. The van der Waals surface area contributed by atoms with Crippen molar-refractivity contribution in [2.75, 3.05) is 0 Å². The number of hydrogen-bond donors (Lipinski definition) is 0. The number of alkyl halides is 3. The minimum absolute atomic E-state index is 0.0440. The molecule has 1 heterocycles. The highest BCUT2D eigenvalue weighted by Gasteiger charge is 2.39. The molecule has 11 heavy (non-hydrogen) atoms. The van der Waals surface area contributed by atoms with E-state index in [1.54, 1.807) is 6.92 Å². The molecule has 1 rings (SSSR count). The van der Waals surface area contributed by atoms with Gasteiger partial charge in [-0.1, -0.05) is 6.92 Å². The Hall–Kier alpha value is -1.00. The van der Waals surface area contributed by atoms with Crippen LogP contribution in [-0.2, 0) is 0 Å². The number of allylic oxidation sites excluding steroid dienone is 2. The Morgan fingerprint density at radius 3 is 2.45 bits per heavy atom. The molecule has 0 fully saturated rings. The standard InChI is InChI=1S/C6H5F3N2/c1-2-4-5(6(7,8)9)11-3-10-4/h2H2,1H3.